The van der Waals surface area contributed by atoms with E-state index in [1.165, 1.54) is 18.4 Å². The number of rotatable bonds is 5. The molecule has 0 unspecified atom stereocenters. The summed E-state index contributed by atoms with van der Waals surface area (Å²) >= 11 is 0. The van der Waals surface area contributed by atoms with Gasteiger partial charge in [-0.15, -0.1) is 0 Å². The fourth-order valence-corrected chi connectivity index (χ4v) is 3.51. The summed E-state index contributed by atoms with van der Waals surface area (Å²) in [6.45, 7) is 0.578. The van der Waals surface area contributed by atoms with E-state index in [4.69, 9.17) is 4.74 Å². The number of hydrogen-bond acceptors (Lipinski definition) is 3. The van der Waals surface area contributed by atoms with E-state index in [0.29, 0.717) is 6.54 Å². The van der Waals surface area contributed by atoms with Crippen molar-refractivity contribution in [1.29, 1.82) is 0 Å². The van der Waals surface area contributed by atoms with Crippen molar-refractivity contribution in [1.82, 2.24) is 5.32 Å². The van der Waals surface area contributed by atoms with Crippen LogP contribution in [-0.4, -0.2) is 35.7 Å². The smallest absolute Gasteiger partial charge is 0.310 e. The van der Waals surface area contributed by atoms with Crippen LogP contribution in [0, 0.1) is 11.8 Å². The molecule has 0 aromatic carbocycles. The maximum atomic E-state index is 12.3. The van der Waals surface area contributed by atoms with Crippen LogP contribution in [0.4, 0.5) is 0 Å². The quantitative estimate of drug-likeness (QED) is 0.755. The molecule has 3 rings (SSSR count). The van der Waals surface area contributed by atoms with E-state index in [2.05, 4.69) is 11.4 Å². The molecule has 3 aliphatic rings. The Kier molecular flexibility index (Phi) is 4.10. The van der Waals surface area contributed by atoms with Gasteiger partial charge in [0.2, 0.25) is 5.91 Å². The minimum Gasteiger partial charge on any atom is -0.481 e. The Morgan fingerprint density at radius 1 is 1.24 bits per heavy atom. The fraction of sp³-hybridized carbons (Fsp3) is 0.625. The summed E-state index contributed by atoms with van der Waals surface area (Å²) in [5.41, 5.74) is 1.40. The van der Waals surface area contributed by atoms with Gasteiger partial charge in [-0.3, -0.25) is 9.59 Å². The zero-order chi connectivity index (χ0) is 14.8. The molecule has 114 valence electrons. The largest absolute Gasteiger partial charge is 0.481 e. The van der Waals surface area contributed by atoms with Crippen LogP contribution in [0.25, 0.3) is 0 Å². The lowest BCUT2D eigenvalue weighted by Crippen LogP contribution is -2.42. The third-order valence-electron chi connectivity index (χ3n) is 4.62. The molecule has 1 aliphatic carbocycles. The molecule has 1 fully saturated rings. The Balaban J connectivity index is 1.54. The van der Waals surface area contributed by atoms with Crippen molar-refractivity contribution in [2.24, 2.45) is 11.8 Å². The highest BCUT2D eigenvalue weighted by Gasteiger charge is 2.53. The fourth-order valence-electron chi connectivity index (χ4n) is 3.51. The van der Waals surface area contributed by atoms with E-state index in [1.54, 1.807) is 12.2 Å². The number of carboxylic acids is 1. The minimum atomic E-state index is -0.956. The van der Waals surface area contributed by atoms with Crippen LogP contribution >= 0.6 is 0 Å². The van der Waals surface area contributed by atoms with Crippen LogP contribution < -0.4 is 5.32 Å². The van der Waals surface area contributed by atoms with Gasteiger partial charge in [0.1, 0.15) is 5.92 Å². The molecule has 0 aromatic heterocycles. The monoisotopic (exact) mass is 291 g/mol. The van der Waals surface area contributed by atoms with Crippen molar-refractivity contribution in [3.8, 4) is 0 Å². The van der Waals surface area contributed by atoms with Crippen LogP contribution in [0.3, 0.4) is 0 Å². The highest BCUT2D eigenvalue weighted by atomic mass is 16.5. The van der Waals surface area contributed by atoms with Gasteiger partial charge in [0.05, 0.1) is 18.1 Å². The maximum absolute atomic E-state index is 12.3. The number of allylic oxidation sites excluding steroid dienone is 1. The number of carbonyl (C=O) groups excluding carboxylic acids is 1. The van der Waals surface area contributed by atoms with Gasteiger partial charge in [0.15, 0.2) is 0 Å². The third kappa shape index (κ3) is 2.88. The predicted molar refractivity (Wildman–Crippen MR) is 76.6 cm³/mol. The summed E-state index contributed by atoms with van der Waals surface area (Å²) < 4.78 is 5.51. The number of carboxylic acid groups (broad SMARTS) is 1. The van der Waals surface area contributed by atoms with Gasteiger partial charge in [-0.2, -0.15) is 0 Å². The molecule has 0 saturated carbocycles. The van der Waals surface area contributed by atoms with Crippen molar-refractivity contribution >= 4 is 11.9 Å². The molecule has 2 bridgehead atoms. The molecule has 5 nitrogen and oxygen atoms in total. The van der Waals surface area contributed by atoms with Gasteiger partial charge in [0, 0.05) is 6.54 Å². The van der Waals surface area contributed by atoms with E-state index in [0.717, 1.165) is 19.3 Å². The molecule has 1 amide bonds. The molecule has 2 heterocycles. The second kappa shape index (κ2) is 6.02. The lowest BCUT2D eigenvalue weighted by molar-refractivity contribution is -0.146. The average Bonchev–Trinajstić information content (AvgIpc) is 3.08. The van der Waals surface area contributed by atoms with E-state index >= 15 is 0 Å². The van der Waals surface area contributed by atoms with Gasteiger partial charge in [0.25, 0.3) is 0 Å². The Morgan fingerprint density at radius 3 is 2.67 bits per heavy atom. The molecule has 0 aromatic rings. The van der Waals surface area contributed by atoms with Crippen molar-refractivity contribution in [2.75, 3.05) is 6.54 Å². The minimum absolute atomic E-state index is 0.198. The van der Waals surface area contributed by atoms with E-state index < -0.39 is 23.9 Å². The highest BCUT2D eigenvalue weighted by Crippen LogP contribution is 2.39. The number of carbonyl (C=O) groups is 2. The van der Waals surface area contributed by atoms with E-state index in [-0.39, 0.29) is 12.0 Å². The van der Waals surface area contributed by atoms with Crippen LogP contribution in [0.1, 0.15) is 32.1 Å². The van der Waals surface area contributed by atoms with Crippen LogP contribution in [0.15, 0.2) is 23.8 Å². The van der Waals surface area contributed by atoms with Gasteiger partial charge in [-0.1, -0.05) is 23.8 Å². The number of amides is 1. The number of ether oxygens (including phenoxy) is 1. The molecule has 1 saturated heterocycles. The van der Waals surface area contributed by atoms with Crippen molar-refractivity contribution in [2.45, 2.75) is 44.3 Å². The van der Waals surface area contributed by atoms with E-state index in [9.17, 15) is 14.7 Å². The molecule has 2 N–H and O–H groups in total. The molecular formula is C16H21NO4. The molecular weight excluding hydrogens is 270 g/mol. The first kappa shape index (κ1) is 14.3. The van der Waals surface area contributed by atoms with Crippen LogP contribution in [-0.2, 0) is 14.3 Å². The van der Waals surface area contributed by atoms with Gasteiger partial charge in [-0.05, 0) is 32.1 Å². The summed E-state index contributed by atoms with van der Waals surface area (Å²) in [5.74, 6) is -2.51. The first-order chi connectivity index (χ1) is 10.2. The zero-order valence-corrected chi connectivity index (χ0v) is 12.0. The van der Waals surface area contributed by atoms with Crippen LogP contribution in [0.2, 0.25) is 0 Å². The molecule has 2 aliphatic heterocycles. The lowest BCUT2D eigenvalue weighted by atomic mass is 9.82. The topological polar surface area (TPSA) is 75.6 Å². The Bertz CT molecular complexity index is 497. The second-order valence-corrected chi connectivity index (χ2v) is 5.99. The summed E-state index contributed by atoms with van der Waals surface area (Å²) in [5, 5.41) is 12.2. The van der Waals surface area contributed by atoms with Crippen molar-refractivity contribution < 1.29 is 19.4 Å². The zero-order valence-electron chi connectivity index (χ0n) is 12.0. The second-order valence-electron chi connectivity index (χ2n) is 5.99. The van der Waals surface area contributed by atoms with Crippen molar-refractivity contribution in [3.63, 3.8) is 0 Å². The van der Waals surface area contributed by atoms with Gasteiger partial charge < -0.3 is 15.2 Å². The Morgan fingerprint density at radius 2 is 2.00 bits per heavy atom. The lowest BCUT2D eigenvalue weighted by Gasteiger charge is -2.21. The summed E-state index contributed by atoms with van der Waals surface area (Å²) in [7, 11) is 0. The number of hydrogen-bond donors (Lipinski definition) is 2. The summed E-state index contributed by atoms with van der Waals surface area (Å²) in [4.78, 5) is 23.6. The van der Waals surface area contributed by atoms with Crippen LogP contribution in [0.5, 0.6) is 0 Å². The molecule has 0 spiro atoms. The summed E-state index contributed by atoms with van der Waals surface area (Å²) in [6.07, 6.45) is 10.6. The van der Waals surface area contributed by atoms with Gasteiger partial charge >= 0.3 is 5.97 Å². The Labute approximate surface area is 124 Å². The molecule has 5 heteroatoms. The maximum Gasteiger partial charge on any atom is 0.310 e. The third-order valence-corrected chi connectivity index (χ3v) is 4.62. The first-order valence-electron chi connectivity index (χ1n) is 7.69. The Hall–Kier alpha value is -1.62. The van der Waals surface area contributed by atoms with E-state index in [1.807, 2.05) is 0 Å². The SMILES string of the molecule is O=C(O)[C@H]1[C@H](C(=O)NCCC2=CCCCC2)[C@H]2C=C[C@H]1O2. The number of aliphatic carboxylic acids is 1. The molecule has 4 atom stereocenters. The normalized spacial score (nSPS) is 33.8. The number of fused-ring (bicyclic) bond motifs is 2. The first-order valence-corrected chi connectivity index (χ1v) is 7.69. The standard InChI is InChI=1S/C16H21NO4/c18-15(17-9-8-10-4-2-1-3-5-10)13-11-6-7-12(21-11)14(13)16(19)20/h4,6-7,11-14H,1-3,5,8-9H2,(H,17,18)(H,19,20)/t11-,12-,13-,14-/m1/s1. The summed E-state index contributed by atoms with van der Waals surface area (Å²) in [6, 6.07) is 0. The molecule has 0 radical (unpaired) electrons. The number of nitrogens with one attached hydrogen (secondary N) is 1. The average molecular weight is 291 g/mol. The predicted octanol–water partition coefficient (Wildman–Crippen LogP) is 1.65. The van der Waals surface area contributed by atoms with Crippen molar-refractivity contribution in [3.05, 3.63) is 23.8 Å². The molecule has 21 heavy (non-hydrogen) atoms. The van der Waals surface area contributed by atoms with Gasteiger partial charge in [-0.25, -0.2) is 0 Å². The highest BCUT2D eigenvalue weighted by molar-refractivity contribution is 5.87.